The highest BCUT2D eigenvalue weighted by Gasteiger charge is 2.36. The fourth-order valence-electron chi connectivity index (χ4n) is 3.98. The van der Waals surface area contributed by atoms with Crippen LogP contribution in [0.25, 0.3) is 0 Å². The largest absolute Gasteiger partial charge is 0.373 e. The average molecular weight is 264 g/mol. The monoisotopic (exact) mass is 264 g/mol. The molecule has 3 heteroatoms. The summed E-state index contributed by atoms with van der Waals surface area (Å²) in [5, 5.41) is 3.53. The van der Waals surface area contributed by atoms with Gasteiger partial charge in [-0.2, -0.15) is 0 Å². The van der Waals surface area contributed by atoms with E-state index >= 15 is 0 Å². The van der Waals surface area contributed by atoms with Gasteiger partial charge in [0.15, 0.2) is 0 Å². The summed E-state index contributed by atoms with van der Waals surface area (Å²) in [6, 6.07) is 1.14. The van der Waals surface area contributed by atoms with Gasteiger partial charge in [0.25, 0.3) is 0 Å². The van der Waals surface area contributed by atoms with Crippen molar-refractivity contribution in [3.63, 3.8) is 0 Å². The number of rotatable bonds is 3. The predicted molar refractivity (Wildman–Crippen MR) is 78.4 cm³/mol. The summed E-state index contributed by atoms with van der Waals surface area (Å²) in [5.74, 6) is 0. The molecule has 2 saturated heterocycles. The van der Waals surface area contributed by atoms with E-state index in [0.29, 0.717) is 18.2 Å². The molecule has 0 bridgehead atoms. The maximum atomic E-state index is 6.19. The van der Waals surface area contributed by atoms with Crippen LogP contribution < -0.4 is 5.32 Å². The van der Waals surface area contributed by atoms with Crippen LogP contribution in [0.15, 0.2) is 11.6 Å². The number of hydrogen-bond donors (Lipinski definition) is 1. The molecule has 2 heterocycles. The van der Waals surface area contributed by atoms with E-state index < -0.39 is 0 Å². The third kappa shape index (κ3) is 3.04. The van der Waals surface area contributed by atoms with E-state index in [1.165, 1.54) is 51.5 Å². The number of nitrogens with one attached hydrogen (secondary N) is 1. The number of morpholine rings is 1. The van der Waals surface area contributed by atoms with Crippen molar-refractivity contribution < 1.29 is 4.74 Å². The standard InChI is InChI=1S/C16H28N2O/c1-17-16(13-7-4-2-3-5-8-13)15-11-18-10-6-9-14(18)12-19-15/h7,14-17H,2-6,8-12H2,1H3. The fraction of sp³-hybridized carbons (Fsp3) is 0.875. The Kier molecular flexibility index (Phi) is 4.57. The lowest BCUT2D eigenvalue weighted by molar-refractivity contribution is -0.0586. The van der Waals surface area contributed by atoms with Crippen LogP contribution in [-0.2, 0) is 4.74 Å². The zero-order chi connectivity index (χ0) is 13.1. The topological polar surface area (TPSA) is 24.5 Å². The van der Waals surface area contributed by atoms with Gasteiger partial charge in [-0.05, 0) is 52.1 Å². The van der Waals surface area contributed by atoms with Crippen molar-refractivity contribution in [2.24, 2.45) is 0 Å². The molecule has 3 unspecified atom stereocenters. The van der Waals surface area contributed by atoms with Crippen LogP contribution in [0.1, 0.15) is 44.9 Å². The Hall–Kier alpha value is -0.380. The van der Waals surface area contributed by atoms with E-state index in [4.69, 9.17) is 4.74 Å². The first kappa shape index (κ1) is 13.6. The van der Waals surface area contributed by atoms with Gasteiger partial charge in [-0.1, -0.05) is 18.1 Å². The second-order valence-corrected chi connectivity index (χ2v) is 6.31. The van der Waals surface area contributed by atoms with Crippen LogP contribution >= 0.6 is 0 Å². The molecular formula is C16H28N2O. The highest BCUT2D eigenvalue weighted by Crippen LogP contribution is 2.28. The lowest BCUT2D eigenvalue weighted by Gasteiger charge is -2.39. The first-order valence-electron chi connectivity index (χ1n) is 8.10. The lowest BCUT2D eigenvalue weighted by atomic mass is 9.95. The van der Waals surface area contributed by atoms with Crippen LogP contribution in [-0.4, -0.2) is 49.8 Å². The van der Waals surface area contributed by atoms with Crippen molar-refractivity contribution in [1.29, 1.82) is 0 Å². The maximum absolute atomic E-state index is 6.19. The normalized spacial score (nSPS) is 34.5. The van der Waals surface area contributed by atoms with Crippen molar-refractivity contribution in [3.05, 3.63) is 11.6 Å². The van der Waals surface area contributed by atoms with Crippen molar-refractivity contribution in [2.75, 3.05) is 26.7 Å². The fourth-order valence-corrected chi connectivity index (χ4v) is 3.98. The molecule has 0 saturated carbocycles. The second kappa shape index (κ2) is 6.38. The second-order valence-electron chi connectivity index (χ2n) is 6.31. The zero-order valence-corrected chi connectivity index (χ0v) is 12.2. The van der Waals surface area contributed by atoms with E-state index in [2.05, 4.69) is 23.3 Å². The summed E-state index contributed by atoms with van der Waals surface area (Å²) >= 11 is 0. The van der Waals surface area contributed by atoms with Gasteiger partial charge in [-0.15, -0.1) is 0 Å². The van der Waals surface area contributed by atoms with Gasteiger partial charge in [-0.25, -0.2) is 0 Å². The Morgan fingerprint density at radius 3 is 3.16 bits per heavy atom. The Morgan fingerprint density at radius 2 is 2.26 bits per heavy atom. The van der Waals surface area contributed by atoms with Crippen molar-refractivity contribution in [2.45, 2.75) is 63.1 Å². The molecule has 3 atom stereocenters. The van der Waals surface area contributed by atoms with Crippen LogP contribution in [0, 0.1) is 0 Å². The maximum Gasteiger partial charge on any atom is 0.0893 e. The van der Waals surface area contributed by atoms with Crippen LogP contribution in [0.4, 0.5) is 0 Å². The smallest absolute Gasteiger partial charge is 0.0893 e. The molecule has 0 aromatic heterocycles. The van der Waals surface area contributed by atoms with E-state index in [1.807, 2.05) is 0 Å². The number of ether oxygens (including phenoxy) is 1. The highest BCUT2D eigenvalue weighted by molar-refractivity contribution is 5.15. The number of hydrogen-bond acceptors (Lipinski definition) is 3. The molecule has 2 fully saturated rings. The van der Waals surface area contributed by atoms with Crippen molar-refractivity contribution >= 4 is 0 Å². The number of fused-ring (bicyclic) bond motifs is 1. The van der Waals surface area contributed by atoms with Crippen LogP contribution in [0.5, 0.6) is 0 Å². The summed E-state index contributed by atoms with van der Waals surface area (Å²) in [4.78, 5) is 2.65. The lowest BCUT2D eigenvalue weighted by Crippen LogP contribution is -2.54. The van der Waals surface area contributed by atoms with Gasteiger partial charge < -0.3 is 10.1 Å². The quantitative estimate of drug-likeness (QED) is 0.792. The first-order valence-corrected chi connectivity index (χ1v) is 8.10. The average Bonchev–Trinajstić information content (AvgIpc) is 2.74. The third-order valence-corrected chi connectivity index (χ3v) is 5.07. The van der Waals surface area contributed by atoms with Crippen molar-refractivity contribution in [1.82, 2.24) is 10.2 Å². The molecule has 3 nitrogen and oxygen atoms in total. The molecule has 0 radical (unpaired) electrons. The van der Waals surface area contributed by atoms with Gasteiger partial charge >= 0.3 is 0 Å². The molecule has 0 aromatic rings. The minimum atomic E-state index is 0.351. The summed E-state index contributed by atoms with van der Waals surface area (Å²) in [5.41, 5.74) is 1.60. The molecule has 2 aliphatic heterocycles. The number of likely N-dealkylation sites (N-methyl/N-ethyl adjacent to an activating group) is 1. The third-order valence-electron chi connectivity index (χ3n) is 5.07. The van der Waals surface area contributed by atoms with Crippen LogP contribution in [0.3, 0.4) is 0 Å². The van der Waals surface area contributed by atoms with Crippen LogP contribution in [0.2, 0.25) is 0 Å². The molecule has 0 aromatic carbocycles. The molecule has 1 aliphatic carbocycles. The summed E-state index contributed by atoms with van der Waals surface area (Å²) < 4.78 is 6.19. The van der Waals surface area contributed by atoms with Gasteiger partial charge in [0.05, 0.1) is 18.8 Å². The Labute approximate surface area is 117 Å². The van der Waals surface area contributed by atoms with E-state index in [0.717, 1.165) is 13.2 Å². The molecule has 19 heavy (non-hydrogen) atoms. The Bertz CT molecular complexity index is 329. The predicted octanol–water partition coefficient (Wildman–Crippen LogP) is 2.33. The van der Waals surface area contributed by atoms with E-state index in [-0.39, 0.29) is 0 Å². The number of allylic oxidation sites excluding steroid dienone is 1. The molecule has 1 N–H and O–H groups in total. The van der Waals surface area contributed by atoms with Gasteiger partial charge in [-0.3, -0.25) is 4.90 Å². The molecule has 3 aliphatic rings. The van der Waals surface area contributed by atoms with Gasteiger partial charge in [0.1, 0.15) is 0 Å². The van der Waals surface area contributed by atoms with Gasteiger partial charge in [0.2, 0.25) is 0 Å². The van der Waals surface area contributed by atoms with E-state index in [1.54, 1.807) is 5.57 Å². The first-order chi connectivity index (χ1) is 9.38. The summed E-state index contributed by atoms with van der Waals surface area (Å²) in [7, 11) is 2.09. The Morgan fingerprint density at radius 1 is 1.32 bits per heavy atom. The number of nitrogens with zero attached hydrogens (tertiary/aromatic N) is 1. The summed E-state index contributed by atoms with van der Waals surface area (Å²) in [6.45, 7) is 3.34. The SMILES string of the molecule is CNC(C1=CCCCCC1)C1CN2CCCC2CO1. The van der Waals surface area contributed by atoms with Gasteiger partial charge in [0, 0.05) is 12.6 Å². The molecule has 0 amide bonds. The Balaban J connectivity index is 1.66. The van der Waals surface area contributed by atoms with Crippen molar-refractivity contribution in [3.8, 4) is 0 Å². The summed E-state index contributed by atoms with van der Waals surface area (Å²) in [6.07, 6.45) is 12.1. The molecular weight excluding hydrogens is 236 g/mol. The zero-order valence-electron chi connectivity index (χ0n) is 12.2. The minimum absolute atomic E-state index is 0.351. The highest BCUT2D eigenvalue weighted by atomic mass is 16.5. The molecule has 0 spiro atoms. The molecule has 108 valence electrons. The molecule has 3 rings (SSSR count). The van der Waals surface area contributed by atoms with E-state index in [9.17, 15) is 0 Å². The minimum Gasteiger partial charge on any atom is -0.373 e.